The molecule has 1 aliphatic carbocycles. The van der Waals surface area contributed by atoms with Crippen LogP contribution >= 0.6 is 15.9 Å². The smallest absolute Gasteiger partial charge is 0.180 e. The minimum absolute atomic E-state index is 0.319. The van der Waals surface area contributed by atoms with Gasteiger partial charge < -0.3 is 9.47 Å². The van der Waals surface area contributed by atoms with E-state index in [1.807, 2.05) is 0 Å². The first-order chi connectivity index (χ1) is 9.83. The van der Waals surface area contributed by atoms with E-state index in [2.05, 4.69) is 15.9 Å². The van der Waals surface area contributed by atoms with Gasteiger partial charge >= 0.3 is 0 Å². The molecule has 2 nitrogen and oxygen atoms in total. The summed E-state index contributed by atoms with van der Waals surface area (Å²) in [4.78, 5) is 0.364. The van der Waals surface area contributed by atoms with Gasteiger partial charge in [-0.15, -0.1) is 0 Å². The molecule has 20 heavy (non-hydrogen) atoms. The lowest BCUT2D eigenvalue weighted by Gasteiger charge is -2.32. The van der Waals surface area contributed by atoms with Gasteiger partial charge in [-0.1, -0.05) is 80.1 Å². The van der Waals surface area contributed by atoms with E-state index in [0.29, 0.717) is 4.83 Å². The van der Waals surface area contributed by atoms with Crippen LogP contribution in [-0.2, 0) is 9.47 Å². The standard InChI is InChI=1S/C17H31BrO2/c18-16-12-10-8-6-4-2-1-3-5-7-9-11-13-17(16)19-14-15-20-17/h16H,1-15H2. The van der Waals surface area contributed by atoms with Gasteiger partial charge in [-0.3, -0.25) is 0 Å². The van der Waals surface area contributed by atoms with Crippen molar-refractivity contribution in [2.75, 3.05) is 13.2 Å². The van der Waals surface area contributed by atoms with Gasteiger partial charge in [0.1, 0.15) is 0 Å². The van der Waals surface area contributed by atoms with Gasteiger partial charge in [0.05, 0.1) is 18.0 Å². The van der Waals surface area contributed by atoms with Crippen molar-refractivity contribution in [2.45, 2.75) is 94.1 Å². The van der Waals surface area contributed by atoms with Crippen molar-refractivity contribution in [1.29, 1.82) is 0 Å². The fraction of sp³-hybridized carbons (Fsp3) is 1.00. The van der Waals surface area contributed by atoms with E-state index in [1.165, 1.54) is 77.0 Å². The Labute approximate surface area is 133 Å². The number of hydrogen-bond acceptors (Lipinski definition) is 2. The van der Waals surface area contributed by atoms with Gasteiger partial charge in [-0.25, -0.2) is 0 Å². The third-order valence-electron chi connectivity index (χ3n) is 4.74. The largest absolute Gasteiger partial charge is 0.346 e. The Morgan fingerprint density at radius 1 is 0.650 bits per heavy atom. The molecule has 0 amide bonds. The van der Waals surface area contributed by atoms with Crippen molar-refractivity contribution in [3.8, 4) is 0 Å². The molecule has 2 rings (SSSR count). The number of hydrogen-bond donors (Lipinski definition) is 0. The quantitative estimate of drug-likeness (QED) is 0.533. The first-order valence-electron chi connectivity index (χ1n) is 8.75. The van der Waals surface area contributed by atoms with E-state index >= 15 is 0 Å². The third kappa shape index (κ3) is 5.31. The molecule has 0 bridgehead atoms. The summed E-state index contributed by atoms with van der Waals surface area (Å²) in [6.07, 6.45) is 17.4. The maximum atomic E-state index is 6.01. The Balaban J connectivity index is 1.83. The van der Waals surface area contributed by atoms with Crippen LogP contribution in [0.2, 0.25) is 0 Å². The van der Waals surface area contributed by atoms with Gasteiger partial charge in [0.15, 0.2) is 5.79 Å². The van der Waals surface area contributed by atoms with Crippen molar-refractivity contribution >= 4 is 15.9 Å². The molecular weight excluding hydrogens is 316 g/mol. The SMILES string of the molecule is BrC1CCCCCCCCCCCCCC12OCCO2. The molecule has 3 heteroatoms. The van der Waals surface area contributed by atoms with Crippen molar-refractivity contribution in [3.63, 3.8) is 0 Å². The second kappa shape index (κ2) is 9.42. The predicted molar refractivity (Wildman–Crippen MR) is 87.4 cm³/mol. The second-order valence-corrected chi connectivity index (χ2v) is 7.51. The topological polar surface area (TPSA) is 18.5 Å². The average Bonchev–Trinajstić information content (AvgIpc) is 2.92. The molecule has 0 aromatic carbocycles. The zero-order chi connectivity index (χ0) is 14.1. The molecule has 0 N–H and O–H groups in total. The fourth-order valence-corrected chi connectivity index (χ4v) is 4.28. The predicted octanol–water partition coefficient (Wildman–Crippen LogP) is 5.58. The van der Waals surface area contributed by atoms with Crippen LogP contribution in [0.3, 0.4) is 0 Å². The molecule has 1 heterocycles. The highest BCUT2D eigenvalue weighted by molar-refractivity contribution is 9.09. The number of rotatable bonds is 0. The first-order valence-corrected chi connectivity index (χ1v) is 9.67. The Hall–Kier alpha value is 0.400. The molecule has 1 aliphatic heterocycles. The summed E-state index contributed by atoms with van der Waals surface area (Å²) in [5.41, 5.74) is 0. The van der Waals surface area contributed by atoms with Crippen molar-refractivity contribution < 1.29 is 9.47 Å². The molecule has 1 atom stereocenters. The van der Waals surface area contributed by atoms with E-state index in [-0.39, 0.29) is 5.79 Å². The third-order valence-corrected chi connectivity index (χ3v) is 5.89. The summed E-state index contributed by atoms with van der Waals surface area (Å²) in [5.74, 6) is -0.319. The molecule has 118 valence electrons. The van der Waals surface area contributed by atoms with Crippen LogP contribution in [0.15, 0.2) is 0 Å². The van der Waals surface area contributed by atoms with Crippen molar-refractivity contribution in [1.82, 2.24) is 0 Å². The molecule has 0 radical (unpaired) electrons. The van der Waals surface area contributed by atoms with Gasteiger partial charge in [-0.05, 0) is 12.8 Å². The maximum Gasteiger partial charge on any atom is 0.180 e. The lowest BCUT2D eigenvalue weighted by atomic mass is 9.99. The zero-order valence-corrected chi connectivity index (χ0v) is 14.5. The highest BCUT2D eigenvalue weighted by atomic mass is 79.9. The minimum atomic E-state index is -0.319. The molecule has 1 saturated heterocycles. The van der Waals surface area contributed by atoms with Crippen LogP contribution in [0.4, 0.5) is 0 Å². The Morgan fingerprint density at radius 3 is 1.65 bits per heavy atom. The van der Waals surface area contributed by atoms with E-state index < -0.39 is 0 Å². The molecule has 1 unspecified atom stereocenters. The fourth-order valence-electron chi connectivity index (χ4n) is 3.46. The van der Waals surface area contributed by atoms with Crippen LogP contribution in [0.1, 0.15) is 83.5 Å². The normalized spacial score (nSPS) is 30.8. The summed E-state index contributed by atoms with van der Waals surface area (Å²) in [6, 6.07) is 0. The summed E-state index contributed by atoms with van der Waals surface area (Å²) in [7, 11) is 0. The number of ether oxygens (including phenoxy) is 2. The summed E-state index contributed by atoms with van der Waals surface area (Å²) < 4.78 is 12.0. The number of alkyl halides is 1. The number of halogens is 1. The molecule has 2 fully saturated rings. The van der Waals surface area contributed by atoms with Crippen LogP contribution in [0.5, 0.6) is 0 Å². The van der Waals surface area contributed by atoms with Crippen LogP contribution in [0.25, 0.3) is 0 Å². The summed E-state index contributed by atoms with van der Waals surface area (Å²) >= 11 is 3.86. The molecule has 2 aliphatic rings. The van der Waals surface area contributed by atoms with Crippen molar-refractivity contribution in [2.24, 2.45) is 0 Å². The first kappa shape index (κ1) is 16.8. The van der Waals surface area contributed by atoms with Gasteiger partial charge in [0, 0.05) is 6.42 Å². The lowest BCUT2D eigenvalue weighted by Crippen LogP contribution is -2.40. The lowest BCUT2D eigenvalue weighted by molar-refractivity contribution is -0.162. The highest BCUT2D eigenvalue weighted by Gasteiger charge is 2.42. The van der Waals surface area contributed by atoms with Gasteiger partial charge in [0.2, 0.25) is 0 Å². The average molecular weight is 347 g/mol. The van der Waals surface area contributed by atoms with Gasteiger partial charge in [0.25, 0.3) is 0 Å². The maximum absolute atomic E-state index is 6.01. The molecular formula is C17H31BrO2. The van der Waals surface area contributed by atoms with Crippen LogP contribution in [0, 0.1) is 0 Å². The highest BCUT2D eigenvalue weighted by Crippen LogP contribution is 2.36. The van der Waals surface area contributed by atoms with E-state index in [4.69, 9.17) is 9.47 Å². The van der Waals surface area contributed by atoms with E-state index in [1.54, 1.807) is 0 Å². The summed E-state index contributed by atoms with van der Waals surface area (Å²) in [6.45, 7) is 1.53. The van der Waals surface area contributed by atoms with E-state index in [0.717, 1.165) is 19.6 Å². The molecule has 1 spiro atoms. The van der Waals surface area contributed by atoms with Crippen LogP contribution < -0.4 is 0 Å². The Bertz CT molecular complexity index is 251. The molecule has 0 aromatic rings. The second-order valence-electron chi connectivity index (χ2n) is 6.40. The van der Waals surface area contributed by atoms with Crippen LogP contribution in [-0.4, -0.2) is 23.8 Å². The Kier molecular flexibility index (Phi) is 7.90. The van der Waals surface area contributed by atoms with Gasteiger partial charge in [-0.2, -0.15) is 0 Å². The molecule has 1 saturated carbocycles. The Morgan fingerprint density at radius 2 is 1.10 bits per heavy atom. The summed E-state index contributed by atoms with van der Waals surface area (Å²) in [5, 5.41) is 0. The monoisotopic (exact) mass is 346 g/mol. The molecule has 0 aromatic heterocycles. The zero-order valence-electron chi connectivity index (χ0n) is 12.9. The van der Waals surface area contributed by atoms with Crippen molar-refractivity contribution in [3.05, 3.63) is 0 Å². The minimum Gasteiger partial charge on any atom is -0.346 e. The van der Waals surface area contributed by atoms with E-state index in [9.17, 15) is 0 Å².